The van der Waals surface area contributed by atoms with Gasteiger partial charge in [-0.15, -0.1) is 10.2 Å². The molecule has 2 aromatic carbocycles. The highest BCUT2D eigenvalue weighted by molar-refractivity contribution is 9.10. The Balaban J connectivity index is 1.59. The Morgan fingerprint density at radius 2 is 1.86 bits per heavy atom. The molecule has 0 aliphatic rings. The molecule has 0 atom stereocenters. The largest absolute Gasteiger partial charge is 0.486 e. The molecular weight excluding hydrogens is 499 g/mol. The van der Waals surface area contributed by atoms with Crippen molar-refractivity contribution in [3.63, 3.8) is 0 Å². The first-order valence-electron chi connectivity index (χ1n) is 8.65. The van der Waals surface area contributed by atoms with Crippen LogP contribution in [-0.4, -0.2) is 26.4 Å². The Morgan fingerprint density at radius 1 is 1.17 bits per heavy atom. The lowest BCUT2D eigenvalue weighted by molar-refractivity contribution is -0.113. The van der Waals surface area contributed by atoms with Crippen molar-refractivity contribution in [2.45, 2.75) is 25.2 Å². The lowest BCUT2D eigenvalue weighted by Gasteiger charge is -2.10. The molecular formula is C19H17BrCl2N4O2S. The van der Waals surface area contributed by atoms with Gasteiger partial charge in [-0.25, -0.2) is 0 Å². The minimum atomic E-state index is -0.233. The molecule has 3 rings (SSSR count). The topological polar surface area (TPSA) is 69.0 Å². The lowest BCUT2D eigenvalue weighted by atomic mass is 10.3. The second kappa shape index (κ2) is 10.3. The van der Waals surface area contributed by atoms with Crippen LogP contribution in [0.15, 0.2) is 52.1 Å². The van der Waals surface area contributed by atoms with Gasteiger partial charge in [0.25, 0.3) is 0 Å². The van der Waals surface area contributed by atoms with Crippen LogP contribution in [0.4, 0.5) is 5.69 Å². The predicted octanol–water partition coefficient (Wildman–Crippen LogP) is 5.68. The van der Waals surface area contributed by atoms with Crippen LogP contribution in [0, 0.1) is 0 Å². The zero-order valence-electron chi connectivity index (χ0n) is 15.4. The normalized spacial score (nSPS) is 10.8. The molecule has 0 saturated heterocycles. The fourth-order valence-corrected chi connectivity index (χ4v) is 4.03. The molecule has 1 N–H and O–H groups in total. The SMILES string of the molecule is CCn1c(COc2ccc(Br)cc2)nnc1SCC(=O)Nc1c(Cl)cccc1Cl. The van der Waals surface area contributed by atoms with Gasteiger partial charge in [-0.05, 0) is 43.3 Å². The van der Waals surface area contributed by atoms with Gasteiger partial charge < -0.3 is 14.6 Å². The van der Waals surface area contributed by atoms with Crippen LogP contribution < -0.4 is 10.1 Å². The summed E-state index contributed by atoms with van der Waals surface area (Å²) >= 11 is 16.9. The van der Waals surface area contributed by atoms with E-state index < -0.39 is 0 Å². The molecule has 6 nitrogen and oxygen atoms in total. The van der Waals surface area contributed by atoms with Gasteiger partial charge in [-0.3, -0.25) is 4.79 Å². The molecule has 3 aromatic rings. The average Bonchev–Trinajstić information content (AvgIpc) is 3.10. The number of ether oxygens (including phenoxy) is 1. The second-order valence-electron chi connectivity index (χ2n) is 5.82. The number of thioether (sulfide) groups is 1. The number of amides is 1. The summed E-state index contributed by atoms with van der Waals surface area (Å²) in [4.78, 5) is 12.3. The summed E-state index contributed by atoms with van der Waals surface area (Å²) in [6.07, 6.45) is 0. The highest BCUT2D eigenvalue weighted by Gasteiger charge is 2.15. The molecule has 0 aliphatic heterocycles. The maximum absolute atomic E-state index is 12.3. The molecule has 0 saturated carbocycles. The van der Waals surface area contributed by atoms with Crippen LogP contribution in [0.2, 0.25) is 10.0 Å². The highest BCUT2D eigenvalue weighted by atomic mass is 79.9. The van der Waals surface area contributed by atoms with Crippen molar-refractivity contribution in [1.82, 2.24) is 14.8 Å². The first kappa shape index (κ1) is 22.0. The number of hydrogen-bond acceptors (Lipinski definition) is 5. The van der Waals surface area contributed by atoms with E-state index in [1.54, 1.807) is 18.2 Å². The molecule has 0 fully saturated rings. The monoisotopic (exact) mass is 514 g/mol. The second-order valence-corrected chi connectivity index (χ2v) is 8.49. The Bertz CT molecular complexity index is 978. The van der Waals surface area contributed by atoms with Gasteiger partial charge in [0.15, 0.2) is 11.0 Å². The van der Waals surface area contributed by atoms with E-state index in [9.17, 15) is 4.79 Å². The summed E-state index contributed by atoms with van der Waals surface area (Å²) in [7, 11) is 0. The number of nitrogens with one attached hydrogen (secondary N) is 1. The van der Waals surface area contributed by atoms with E-state index in [0.717, 1.165) is 10.2 Å². The standard InChI is InChI=1S/C19H17BrCl2N4O2S/c1-2-26-16(10-28-13-8-6-12(20)7-9-13)24-25-19(26)29-11-17(27)23-18-14(21)4-3-5-15(18)22/h3-9H,2,10-11H2,1H3,(H,23,27). The third kappa shape index (κ3) is 5.88. The van der Waals surface area contributed by atoms with E-state index in [4.69, 9.17) is 27.9 Å². The van der Waals surface area contributed by atoms with Crippen LogP contribution in [-0.2, 0) is 17.9 Å². The van der Waals surface area contributed by atoms with Gasteiger partial charge in [0.2, 0.25) is 5.91 Å². The Labute approximate surface area is 191 Å². The molecule has 1 heterocycles. The number of carbonyl (C=O) groups is 1. The van der Waals surface area contributed by atoms with Crippen molar-refractivity contribution in [3.05, 3.63) is 62.8 Å². The van der Waals surface area contributed by atoms with Gasteiger partial charge in [0.1, 0.15) is 12.4 Å². The molecule has 1 aromatic heterocycles. The Morgan fingerprint density at radius 3 is 2.52 bits per heavy atom. The van der Waals surface area contributed by atoms with E-state index in [1.165, 1.54) is 11.8 Å². The number of para-hydroxylation sites is 1. The lowest BCUT2D eigenvalue weighted by Crippen LogP contribution is -2.15. The zero-order chi connectivity index (χ0) is 20.8. The minimum Gasteiger partial charge on any atom is -0.486 e. The van der Waals surface area contributed by atoms with Crippen molar-refractivity contribution in [2.75, 3.05) is 11.1 Å². The van der Waals surface area contributed by atoms with E-state index in [-0.39, 0.29) is 18.3 Å². The number of nitrogens with zero attached hydrogens (tertiary/aromatic N) is 3. The third-order valence-corrected chi connectivity index (χ3v) is 5.98. The van der Waals surface area contributed by atoms with Gasteiger partial charge in [-0.2, -0.15) is 0 Å². The summed E-state index contributed by atoms with van der Waals surface area (Å²) in [5.41, 5.74) is 0.405. The van der Waals surface area contributed by atoms with Gasteiger partial charge in [-0.1, -0.05) is 57.0 Å². The summed E-state index contributed by atoms with van der Waals surface area (Å²) < 4.78 is 8.67. The Kier molecular flexibility index (Phi) is 7.83. The van der Waals surface area contributed by atoms with Gasteiger partial charge >= 0.3 is 0 Å². The number of aromatic nitrogens is 3. The summed E-state index contributed by atoms with van der Waals surface area (Å²) in [5.74, 6) is 1.34. The number of hydrogen-bond donors (Lipinski definition) is 1. The molecule has 0 radical (unpaired) electrons. The quantitative estimate of drug-likeness (QED) is 0.391. The number of rotatable bonds is 8. The van der Waals surface area contributed by atoms with Crippen molar-refractivity contribution >= 4 is 62.5 Å². The van der Waals surface area contributed by atoms with Crippen LogP contribution in [0.5, 0.6) is 5.75 Å². The maximum Gasteiger partial charge on any atom is 0.234 e. The smallest absolute Gasteiger partial charge is 0.234 e. The summed E-state index contributed by atoms with van der Waals surface area (Å²) in [5, 5.41) is 12.5. The van der Waals surface area contributed by atoms with Crippen LogP contribution in [0.1, 0.15) is 12.7 Å². The fraction of sp³-hybridized carbons (Fsp3) is 0.211. The first-order valence-corrected chi connectivity index (χ1v) is 11.2. The van der Waals surface area contributed by atoms with Crippen molar-refractivity contribution < 1.29 is 9.53 Å². The molecule has 1 amide bonds. The third-order valence-electron chi connectivity index (χ3n) is 3.85. The molecule has 0 unspecified atom stereocenters. The van der Waals surface area contributed by atoms with Crippen molar-refractivity contribution in [1.29, 1.82) is 0 Å². The molecule has 29 heavy (non-hydrogen) atoms. The van der Waals surface area contributed by atoms with Crippen LogP contribution in [0.3, 0.4) is 0 Å². The van der Waals surface area contributed by atoms with Crippen molar-refractivity contribution in [2.24, 2.45) is 0 Å². The fourth-order valence-electron chi connectivity index (χ4n) is 2.45. The first-order chi connectivity index (χ1) is 14.0. The van der Waals surface area contributed by atoms with E-state index in [1.807, 2.05) is 35.8 Å². The van der Waals surface area contributed by atoms with Crippen LogP contribution >= 0.6 is 50.9 Å². The van der Waals surface area contributed by atoms with Gasteiger partial charge in [0.05, 0.1) is 21.5 Å². The van der Waals surface area contributed by atoms with Gasteiger partial charge in [0, 0.05) is 11.0 Å². The predicted molar refractivity (Wildman–Crippen MR) is 120 cm³/mol. The summed E-state index contributed by atoms with van der Waals surface area (Å²) in [6, 6.07) is 12.6. The number of carbonyl (C=O) groups excluding carboxylic acids is 1. The van der Waals surface area contributed by atoms with E-state index in [0.29, 0.717) is 33.3 Å². The van der Waals surface area contributed by atoms with Crippen molar-refractivity contribution in [3.8, 4) is 5.75 Å². The number of halogens is 3. The molecule has 0 aliphatic carbocycles. The average molecular weight is 516 g/mol. The minimum absolute atomic E-state index is 0.146. The number of benzene rings is 2. The molecule has 152 valence electrons. The zero-order valence-corrected chi connectivity index (χ0v) is 19.3. The van der Waals surface area contributed by atoms with E-state index >= 15 is 0 Å². The highest BCUT2D eigenvalue weighted by Crippen LogP contribution is 2.30. The maximum atomic E-state index is 12.3. The molecule has 0 bridgehead atoms. The van der Waals surface area contributed by atoms with E-state index in [2.05, 4.69) is 31.4 Å². The molecule has 0 spiro atoms. The Hall–Kier alpha value is -1.74. The number of anilines is 1. The molecule has 10 heteroatoms. The van der Waals surface area contributed by atoms with Crippen LogP contribution in [0.25, 0.3) is 0 Å². The summed E-state index contributed by atoms with van der Waals surface area (Å²) in [6.45, 7) is 2.93.